The molecule has 1 aromatic rings. The maximum atomic E-state index is 13.1. The summed E-state index contributed by atoms with van der Waals surface area (Å²) in [7, 11) is 1.21. The van der Waals surface area contributed by atoms with Crippen molar-refractivity contribution in [2.45, 2.75) is 11.8 Å². The molecule has 0 aliphatic rings. The van der Waals surface area contributed by atoms with Gasteiger partial charge in [-0.15, -0.1) is 11.7 Å². The molecule has 0 saturated heterocycles. The predicted octanol–water partition coefficient (Wildman–Crippen LogP) is 3.16. The molecule has 0 radical (unpaired) electrons. The molecule has 0 heterocycles. The van der Waals surface area contributed by atoms with Gasteiger partial charge in [-0.1, -0.05) is 10.8 Å². The van der Waals surface area contributed by atoms with Gasteiger partial charge in [0.15, 0.2) is 11.6 Å². The minimum atomic E-state index is -0.337. The SMILES string of the molecule is CCOc1ccc(SS)cc1F. The van der Waals surface area contributed by atoms with Crippen molar-refractivity contribution >= 4 is 22.5 Å². The average molecular weight is 204 g/mol. The Bertz CT molecular complexity index is 265. The summed E-state index contributed by atoms with van der Waals surface area (Å²) in [4.78, 5) is 0.777. The minimum absolute atomic E-state index is 0.295. The first kappa shape index (κ1) is 9.74. The topological polar surface area (TPSA) is 9.23 Å². The zero-order valence-corrected chi connectivity index (χ0v) is 8.29. The van der Waals surface area contributed by atoms with Gasteiger partial charge >= 0.3 is 0 Å². The normalized spacial score (nSPS) is 9.92. The van der Waals surface area contributed by atoms with Gasteiger partial charge in [0.25, 0.3) is 0 Å². The molecular weight excluding hydrogens is 195 g/mol. The van der Waals surface area contributed by atoms with Gasteiger partial charge in [-0.2, -0.15) is 0 Å². The summed E-state index contributed by atoms with van der Waals surface area (Å²) in [5.74, 6) is -0.0421. The Morgan fingerprint density at radius 3 is 2.83 bits per heavy atom. The van der Waals surface area contributed by atoms with Gasteiger partial charge in [-0.25, -0.2) is 4.39 Å². The molecule has 1 nitrogen and oxygen atoms in total. The number of hydrogen-bond acceptors (Lipinski definition) is 3. The van der Waals surface area contributed by atoms with Gasteiger partial charge in [0, 0.05) is 4.90 Å². The predicted molar refractivity (Wildman–Crippen MR) is 52.4 cm³/mol. The van der Waals surface area contributed by atoms with Crippen molar-refractivity contribution in [3.8, 4) is 5.75 Å². The van der Waals surface area contributed by atoms with Gasteiger partial charge in [-0.3, -0.25) is 0 Å². The number of benzene rings is 1. The summed E-state index contributed by atoms with van der Waals surface area (Å²) < 4.78 is 18.1. The monoisotopic (exact) mass is 204 g/mol. The summed E-state index contributed by atoms with van der Waals surface area (Å²) in [5, 5.41) is 0. The van der Waals surface area contributed by atoms with Crippen LogP contribution in [0.1, 0.15) is 6.92 Å². The third kappa shape index (κ3) is 2.32. The molecule has 0 fully saturated rings. The lowest BCUT2D eigenvalue weighted by molar-refractivity contribution is 0.321. The van der Waals surface area contributed by atoms with Crippen molar-refractivity contribution < 1.29 is 9.13 Å². The second-order valence-electron chi connectivity index (χ2n) is 2.12. The molecule has 0 aliphatic carbocycles. The van der Waals surface area contributed by atoms with Gasteiger partial charge in [0.1, 0.15) is 0 Å². The minimum Gasteiger partial charge on any atom is -0.491 e. The van der Waals surface area contributed by atoms with Crippen LogP contribution in [0.25, 0.3) is 0 Å². The van der Waals surface area contributed by atoms with E-state index in [2.05, 4.69) is 11.7 Å². The summed E-state index contributed by atoms with van der Waals surface area (Å²) in [6.07, 6.45) is 0. The van der Waals surface area contributed by atoms with Crippen LogP contribution in [0.15, 0.2) is 23.1 Å². The summed E-state index contributed by atoms with van der Waals surface area (Å²) >= 11 is 3.95. The maximum Gasteiger partial charge on any atom is 0.166 e. The molecule has 0 aromatic heterocycles. The second kappa shape index (κ2) is 4.62. The maximum absolute atomic E-state index is 13.1. The number of thiol groups is 1. The third-order valence-corrected chi connectivity index (χ3v) is 2.41. The lowest BCUT2D eigenvalue weighted by Gasteiger charge is -2.04. The first-order valence-electron chi connectivity index (χ1n) is 3.51. The van der Waals surface area contributed by atoms with Crippen molar-refractivity contribution in [1.82, 2.24) is 0 Å². The van der Waals surface area contributed by atoms with E-state index < -0.39 is 0 Å². The van der Waals surface area contributed by atoms with Crippen molar-refractivity contribution in [3.63, 3.8) is 0 Å². The summed E-state index contributed by atoms with van der Waals surface area (Å²) in [6.45, 7) is 2.30. The second-order valence-corrected chi connectivity index (χ2v) is 3.32. The molecule has 0 N–H and O–H groups in total. The van der Waals surface area contributed by atoms with E-state index in [9.17, 15) is 4.39 Å². The van der Waals surface area contributed by atoms with E-state index in [0.717, 1.165) is 4.90 Å². The molecule has 0 atom stereocenters. The fraction of sp³-hybridized carbons (Fsp3) is 0.250. The lowest BCUT2D eigenvalue weighted by Crippen LogP contribution is -1.93. The highest BCUT2D eigenvalue weighted by Gasteiger charge is 2.02. The molecule has 66 valence electrons. The average Bonchev–Trinajstić information content (AvgIpc) is 2.09. The van der Waals surface area contributed by atoms with Gasteiger partial charge < -0.3 is 4.74 Å². The molecule has 12 heavy (non-hydrogen) atoms. The van der Waals surface area contributed by atoms with Gasteiger partial charge in [0.2, 0.25) is 0 Å². The number of hydrogen-bond donors (Lipinski definition) is 1. The highest BCUT2D eigenvalue weighted by atomic mass is 33.1. The standard InChI is InChI=1S/C8H9FOS2/c1-2-10-8-4-3-6(12-11)5-7(8)9/h3-5,11H,2H2,1H3. The first-order valence-corrected chi connectivity index (χ1v) is 5.38. The van der Waals surface area contributed by atoms with Crippen molar-refractivity contribution in [3.05, 3.63) is 24.0 Å². The molecule has 0 saturated carbocycles. The summed E-state index contributed by atoms with van der Waals surface area (Å²) in [5.41, 5.74) is 0. The zero-order valence-electron chi connectivity index (χ0n) is 6.58. The molecule has 0 unspecified atom stereocenters. The van der Waals surface area contributed by atoms with Crippen LogP contribution in [0.2, 0.25) is 0 Å². The fourth-order valence-corrected chi connectivity index (χ4v) is 1.44. The van der Waals surface area contributed by atoms with Crippen molar-refractivity contribution in [2.24, 2.45) is 0 Å². The highest BCUT2D eigenvalue weighted by molar-refractivity contribution is 8.68. The van der Waals surface area contributed by atoms with Crippen LogP contribution in [-0.2, 0) is 0 Å². The van der Waals surface area contributed by atoms with E-state index in [1.165, 1.54) is 16.9 Å². The van der Waals surface area contributed by atoms with E-state index in [1.807, 2.05) is 6.92 Å². The van der Waals surface area contributed by atoms with Crippen LogP contribution in [0.3, 0.4) is 0 Å². The number of rotatable bonds is 3. The Balaban J connectivity index is 2.87. The van der Waals surface area contributed by atoms with Gasteiger partial charge in [0.05, 0.1) is 6.61 Å². The Labute approximate surface area is 80.1 Å². The fourth-order valence-electron chi connectivity index (χ4n) is 0.811. The molecule has 1 aromatic carbocycles. The lowest BCUT2D eigenvalue weighted by atomic mass is 10.3. The van der Waals surface area contributed by atoms with E-state index in [4.69, 9.17) is 4.74 Å². The summed E-state index contributed by atoms with van der Waals surface area (Å²) in [6, 6.07) is 4.78. The van der Waals surface area contributed by atoms with Crippen LogP contribution in [-0.4, -0.2) is 6.61 Å². The molecule has 4 heteroatoms. The van der Waals surface area contributed by atoms with E-state index in [0.29, 0.717) is 12.4 Å². The van der Waals surface area contributed by atoms with E-state index >= 15 is 0 Å². The van der Waals surface area contributed by atoms with Gasteiger partial charge in [-0.05, 0) is 25.1 Å². The number of ether oxygens (including phenoxy) is 1. The van der Waals surface area contributed by atoms with Crippen LogP contribution in [0, 0.1) is 5.82 Å². The van der Waals surface area contributed by atoms with Crippen LogP contribution < -0.4 is 4.74 Å². The highest BCUT2D eigenvalue weighted by Crippen LogP contribution is 2.26. The zero-order chi connectivity index (χ0) is 8.97. The molecule has 0 bridgehead atoms. The molecule has 0 spiro atoms. The molecule has 1 rings (SSSR count). The number of halogens is 1. The third-order valence-electron chi connectivity index (χ3n) is 1.31. The molecule has 0 amide bonds. The van der Waals surface area contributed by atoms with E-state index in [1.54, 1.807) is 12.1 Å². The van der Waals surface area contributed by atoms with Crippen LogP contribution in [0.4, 0.5) is 4.39 Å². The van der Waals surface area contributed by atoms with Crippen molar-refractivity contribution in [2.75, 3.05) is 6.61 Å². The van der Waals surface area contributed by atoms with Crippen molar-refractivity contribution in [1.29, 1.82) is 0 Å². The molecule has 0 aliphatic heterocycles. The molecular formula is C8H9FOS2. The van der Waals surface area contributed by atoms with E-state index in [-0.39, 0.29) is 5.82 Å². The Morgan fingerprint density at radius 1 is 1.58 bits per heavy atom. The van der Waals surface area contributed by atoms with Crippen LogP contribution >= 0.6 is 22.5 Å². The largest absolute Gasteiger partial charge is 0.491 e. The Hall–Kier alpha value is -0.350. The Kier molecular flexibility index (Phi) is 3.75. The smallest absolute Gasteiger partial charge is 0.166 e. The quantitative estimate of drug-likeness (QED) is 0.598. The van der Waals surface area contributed by atoms with Crippen LogP contribution in [0.5, 0.6) is 5.75 Å². The first-order chi connectivity index (χ1) is 5.77. The Morgan fingerprint density at radius 2 is 2.33 bits per heavy atom.